The molecule has 1 aliphatic rings. The summed E-state index contributed by atoms with van der Waals surface area (Å²) in [6.07, 6.45) is 8.96. The Balaban J connectivity index is 1.92. The quantitative estimate of drug-likeness (QED) is 0.771. The van der Waals surface area contributed by atoms with Crippen molar-refractivity contribution < 1.29 is 9.53 Å². The van der Waals surface area contributed by atoms with E-state index in [0.717, 1.165) is 31.5 Å². The molecule has 1 aromatic heterocycles. The predicted molar refractivity (Wildman–Crippen MR) is 86.6 cm³/mol. The first-order valence-electron chi connectivity index (χ1n) is 7.55. The van der Waals surface area contributed by atoms with Gasteiger partial charge in [-0.3, -0.25) is 4.79 Å². The molecule has 1 amide bonds. The van der Waals surface area contributed by atoms with Crippen molar-refractivity contribution in [2.45, 2.75) is 12.8 Å². The van der Waals surface area contributed by atoms with Crippen molar-refractivity contribution in [1.82, 2.24) is 14.9 Å². The first-order valence-corrected chi connectivity index (χ1v) is 7.55. The Hall–Kier alpha value is -1.95. The lowest BCUT2D eigenvalue weighted by molar-refractivity contribution is -0.128. The molecule has 0 aromatic carbocycles. The first-order chi connectivity index (χ1) is 10.6. The highest BCUT2D eigenvalue weighted by molar-refractivity contribution is 5.91. The molecule has 1 aliphatic heterocycles. The van der Waals surface area contributed by atoms with Gasteiger partial charge in [0.15, 0.2) is 0 Å². The van der Waals surface area contributed by atoms with Gasteiger partial charge in [-0.15, -0.1) is 0 Å². The lowest BCUT2D eigenvalue weighted by Gasteiger charge is -2.31. The van der Waals surface area contributed by atoms with E-state index in [9.17, 15) is 4.79 Å². The van der Waals surface area contributed by atoms with Crippen molar-refractivity contribution in [2.24, 2.45) is 5.92 Å². The summed E-state index contributed by atoms with van der Waals surface area (Å²) in [5.41, 5.74) is 0.824. The minimum absolute atomic E-state index is 0.0393. The van der Waals surface area contributed by atoms with Crippen LogP contribution in [-0.2, 0) is 9.53 Å². The van der Waals surface area contributed by atoms with Gasteiger partial charge in [0.2, 0.25) is 11.9 Å². The fourth-order valence-corrected chi connectivity index (χ4v) is 2.56. The summed E-state index contributed by atoms with van der Waals surface area (Å²) in [5, 5.41) is 0. The zero-order valence-electron chi connectivity index (χ0n) is 13.5. The van der Waals surface area contributed by atoms with Crippen molar-refractivity contribution in [3.8, 4) is 0 Å². The average molecular weight is 304 g/mol. The number of amides is 1. The number of anilines is 1. The maximum atomic E-state index is 12.2. The second-order valence-corrected chi connectivity index (χ2v) is 5.79. The number of piperidine rings is 1. The standard InChI is InChI=1S/C16H24N4O2/c1-19(2)16-17-9-13(10-18-16)6-7-15(21)20-8-4-5-14(11-20)12-22-3/h6-7,9-10,14H,4-5,8,11-12H2,1-3H3/b7-6+. The summed E-state index contributed by atoms with van der Waals surface area (Å²) in [6, 6.07) is 0. The second-order valence-electron chi connectivity index (χ2n) is 5.79. The Kier molecular flexibility index (Phi) is 5.89. The monoisotopic (exact) mass is 304 g/mol. The highest BCUT2D eigenvalue weighted by Gasteiger charge is 2.22. The van der Waals surface area contributed by atoms with E-state index in [1.165, 1.54) is 0 Å². The van der Waals surface area contributed by atoms with Crippen molar-refractivity contribution in [2.75, 3.05) is 45.8 Å². The predicted octanol–water partition coefficient (Wildman–Crippen LogP) is 1.44. The topological polar surface area (TPSA) is 58.6 Å². The highest BCUT2D eigenvalue weighted by Crippen LogP contribution is 2.17. The molecule has 1 aromatic rings. The Morgan fingerprint density at radius 2 is 2.18 bits per heavy atom. The van der Waals surface area contributed by atoms with E-state index in [0.29, 0.717) is 18.5 Å². The molecule has 1 fully saturated rings. The van der Waals surface area contributed by atoms with Gasteiger partial charge in [0.05, 0.1) is 6.61 Å². The van der Waals surface area contributed by atoms with Crippen LogP contribution >= 0.6 is 0 Å². The van der Waals surface area contributed by atoms with Gasteiger partial charge in [-0.25, -0.2) is 9.97 Å². The number of methoxy groups -OCH3 is 1. The van der Waals surface area contributed by atoms with Gasteiger partial charge in [0, 0.05) is 58.3 Å². The van der Waals surface area contributed by atoms with E-state index in [1.807, 2.05) is 23.9 Å². The van der Waals surface area contributed by atoms with Crippen LogP contribution in [0.2, 0.25) is 0 Å². The van der Waals surface area contributed by atoms with Crippen molar-refractivity contribution in [3.05, 3.63) is 24.0 Å². The molecule has 0 bridgehead atoms. The Morgan fingerprint density at radius 3 is 2.82 bits per heavy atom. The number of carbonyl (C=O) groups excluding carboxylic acids is 1. The van der Waals surface area contributed by atoms with Gasteiger partial charge in [0.25, 0.3) is 0 Å². The molecule has 0 spiro atoms. The van der Waals surface area contributed by atoms with Crippen LogP contribution in [0.15, 0.2) is 18.5 Å². The molecule has 2 rings (SSSR count). The summed E-state index contributed by atoms with van der Waals surface area (Å²) in [6.45, 7) is 2.31. The number of carbonyl (C=O) groups is 1. The van der Waals surface area contributed by atoms with Gasteiger partial charge in [0.1, 0.15) is 0 Å². The van der Waals surface area contributed by atoms with E-state index in [4.69, 9.17) is 4.74 Å². The van der Waals surface area contributed by atoms with Crippen molar-refractivity contribution >= 4 is 17.9 Å². The summed E-state index contributed by atoms with van der Waals surface area (Å²) >= 11 is 0. The number of ether oxygens (including phenoxy) is 1. The van der Waals surface area contributed by atoms with Crippen LogP contribution in [0.25, 0.3) is 6.08 Å². The molecule has 2 heterocycles. The zero-order chi connectivity index (χ0) is 15.9. The molecular formula is C16H24N4O2. The number of aromatic nitrogens is 2. The van der Waals surface area contributed by atoms with Crippen LogP contribution in [0.5, 0.6) is 0 Å². The fraction of sp³-hybridized carbons (Fsp3) is 0.562. The maximum Gasteiger partial charge on any atom is 0.246 e. The normalized spacial score (nSPS) is 18.7. The number of nitrogens with zero attached hydrogens (tertiary/aromatic N) is 4. The third kappa shape index (κ3) is 4.53. The largest absolute Gasteiger partial charge is 0.384 e. The second kappa shape index (κ2) is 7.89. The molecule has 0 radical (unpaired) electrons. The Morgan fingerprint density at radius 1 is 1.45 bits per heavy atom. The zero-order valence-corrected chi connectivity index (χ0v) is 13.5. The summed E-state index contributed by atoms with van der Waals surface area (Å²) in [5.74, 6) is 1.14. The molecule has 0 saturated carbocycles. The van der Waals surface area contributed by atoms with Crippen LogP contribution in [0, 0.1) is 5.92 Å². The van der Waals surface area contributed by atoms with Crippen LogP contribution in [0.1, 0.15) is 18.4 Å². The van der Waals surface area contributed by atoms with Gasteiger partial charge in [-0.2, -0.15) is 0 Å². The van der Waals surface area contributed by atoms with Gasteiger partial charge >= 0.3 is 0 Å². The van der Waals surface area contributed by atoms with Gasteiger partial charge in [-0.05, 0) is 24.8 Å². The molecule has 22 heavy (non-hydrogen) atoms. The van der Waals surface area contributed by atoms with E-state index in [-0.39, 0.29) is 5.91 Å². The molecule has 1 unspecified atom stereocenters. The van der Waals surface area contributed by atoms with Gasteiger partial charge < -0.3 is 14.5 Å². The minimum Gasteiger partial charge on any atom is -0.384 e. The average Bonchev–Trinajstić information content (AvgIpc) is 2.53. The Bertz CT molecular complexity index is 511. The number of rotatable bonds is 5. The van der Waals surface area contributed by atoms with Crippen molar-refractivity contribution in [1.29, 1.82) is 0 Å². The van der Waals surface area contributed by atoms with E-state index < -0.39 is 0 Å². The van der Waals surface area contributed by atoms with E-state index >= 15 is 0 Å². The molecule has 1 atom stereocenters. The first kappa shape index (κ1) is 16.4. The van der Waals surface area contributed by atoms with Crippen LogP contribution in [0.4, 0.5) is 5.95 Å². The maximum absolute atomic E-state index is 12.2. The third-order valence-electron chi connectivity index (χ3n) is 3.71. The molecule has 6 nitrogen and oxygen atoms in total. The SMILES string of the molecule is COCC1CCCN(C(=O)/C=C/c2cnc(N(C)C)nc2)C1. The van der Waals surface area contributed by atoms with E-state index in [2.05, 4.69) is 9.97 Å². The highest BCUT2D eigenvalue weighted by atomic mass is 16.5. The minimum atomic E-state index is 0.0393. The summed E-state index contributed by atoms with van der Waals surface area (Å²) < 4.78 is 5.19. The fourth-order valence-electron chi connectivity index (χ4n) is 2.56. The molecule has 0 N–H and O–H groups in total. The van der Waals surface area contributed by atoms with Gasteiger partial charge in [-0.1, -0.05) is 0 Å². The van der Waals surface area contributed by atoms with Crippen LogP contribution in [0.3, 0.4) is 0 Å². The third-order valence-corrected chi connectivity index (χ3v) is 3.71. The molecule has 120 valence electrons. The lowest BCUT2D eigenvalue weighted by Crippen LogP contribution is -2.40. The van der Waals surface area contributed by atoms with Crippen molar-refractivity contribution in [3.63, 3.8) is 0 Å². The van der Waals surface area contributed by atoms with E-state index in [1.54, 1.807) is 31.7 Å². The smallest absolute Gasteiger partial charge is 0.246 e. The number of hydrogen-bond donors (Lipinski definition) is 0. The number of hydrogen-bond acceptors (Lipinski definition) is 5. The molecule has 0 aliphatic carbocycles. The summed E-state index contributed by atoms with van der Waals surface area (Å²) in [4.78, 5) is 24.4. The number of likely N-dealkylation sites (tertiary alicyclic amines) is 1. The molecular weight excluding hydrogens is 280 g/mol. The van der Waals surface area contributed by atoms with Crippen LogP contribution < -0.4 is 4.90 Å². The Labute approximate surface area is 131 Å². The lowest BCUT2D eigenvalue weighted by atomic mass is 9.99. The molecule has 1 saturated heterocycles. The van der Waals surface area contributed by atoms with Crippen LogP contribution in [-0.4, -0.2) is 61.7 Å². The molecule has 6 heteroatoms. The summed E-state index contributed by atoms with van der Waals surface area (Å²) in [7, 11) is 5.49.